The molecule has 1 aromatic carbocycles. The molecule has 1 aromatic rings. The van der Waals surface area contributed by atoms with Crippen LogP contribution in [0.25, 0.3) is 0 Å². The van der Waals surface area contributed by atoms with E-state index in [0.717, 1.165) is 24.9 Å². The number of rotatable bonds is 6. The van der Waals surface area contributed by atoms with Gasteiger partial charge in [-0.25, -0.2) is 8.42 Å². The number of nitrogens with one attached hydrogen (secondary N) is 1. The van der Waals surface area contributed by atoms with Crippen molar-refractivity contribution in [1.82, 2.24) is 0 Å². The summed E-state index contributed by atoms with van der Waals surface area (Å²) in [5.41, 5.74) is 0.857. The third kappa shape index (κ3) is 3.81. The summed E-state index contributed by atoms with van der Waals surface area (Å²) in [7, 11) is -1.43. The van der Waals surface area contributed by atoms with Crippen molar-refractivity contribution in [1.29, 1.82) is 0 Å². The van der Waals surface area contributed by atoms with Gasteiger partial charge in [0.1, 0.15) is 0 Å². The van der Waals surface area contributed by atoms with Crippen molar-refractivity contribution >= 4 is 15.5 Å². The van der Waals surface area contributed by atoms with Gasteiger partial charge in [0.15, 0.2) is 21.3 Å². The van der Waals surface area contributed by atoms with E-state index in [1.54, 1.807) is 7.11 Å². The molecule has 1 aliphatic carbocycles. The van der Waals surface area contributed by atoms with Crippen LogP contribution in [0, 0.1) is 0 Å². The highest BCUT2D eigenvalue weighted by atomic mass is 32.2. The fourth-order valence-corrected chi connectivity index (χ4v) is 4.25. The van der Waals surface area contributed by atoms with Crippen LogP contribution in [0.4, 0.5) is 5.69 Å². The zero-order chi connectivity index (χ0) is 15.5. The largest absolute Gasteiger partial charge is 0.493 e. The second-order valence-corrected chi connectivity index (χ2v) is 7.61. The van der Waals surface area contributed by atoms with Gasteiger partial charge >= 0.3 is 0 Å². The molecule has 6 heteroatoms. The van der Waals surface area contributed by atoms with Gasteiger partial charge in [-0.2, -0.15) is 0 Å². The Morgan fingerprint density at radius 1 is 1.29 bits per heavy atom. The molecule has 1 N–H and O–H groups in total. The molecule has 0 bridgehead atoms. The maximum absolute atomic E-state index is 11.8. The van der Waals surface area contributed by atoms with E-state index in [1.807, 2.05) is 25.1 Å². The predicted molar refractivity (Wildman–Crippen MR) is 84.1 cm³/mol. The number of anilines is 1. The van der Waals surface area contributed by atoms with Crippen molar-refractivity contribution in [3.8, 4) is 11.5 Å². The van der Waals surface area contributed by atoms with E-state index in [1.165, 1.54) is 6.26 Å². The first kappa shape index (κ1) is 15.9. The number of sulfone groups is 1. The number of benzene rings is 1. The SMILES string of the molecule is CCOc1ccc(NC2CCCC2S(C)(=O)=O)cc1OC. The van der Waals surface area contributed by atoms with Gasteiger partial charge in [-0.15, -0.1) is 0 Å². The van der Waals surface area contributed by atoms with E-state index in [9.17, 15) is 8.42 Å². The third-order valence-electron chi connectivity index (χ3n) is 3.82. The summed E-state index contributed by atoms with van der Waals surface area (Å²) in [4.78, 5) is 0. The minimum Gasteiger partial charge on any atom is -0.493 e. The van der Waals surface area contributed by atoms with E-state index in [-0.39, 0.29) is 11.3 Å². The molecule has 1 fully saturated rings. The lowest BCUT2D eigenvalue weighted by molar-refractivity contribution is 0.311. The van der Waals surface area contributed by atoms with Gasteiger partial charge in [-0.1, -0.05) is 0 Å². The molecular weight excluding hydrogens is 290 g/mol. The Morgan fingerprint density at radius 2 is 2.05 bits per heavy atom. The molecule has 0 radical (unpaired) electrons. The van der Waals surface area contributed by atoms with Crippen molar-refractivity contribution in [2.45, 2.75) is 37.5 Å². The summed E-state index contributed by atoms with van der Waals surface area (Å²) < 4.78 is 34.4. The van der Waals surface area contributed by atoms with Gasteiger partial charge in [0.05, 0.1) is 19.0 Å². The average Bonchev–Trinajstić information content (AvgIpc) is 2.89. The Balaban J connectivity index is 2.16. The maximum Gasteiger partial charge on any atom is 0.162 e. The smallest absolute Gasteiger partial charge is 0.162 e. The predicted octanol–water partition coefficient (Wildman–Crippen LogP) is 2.47. The Bertz CT molecular complexity index is 585. The highest BCUT2D eigenvalue weighted by Crippen LogP contribution is 2.33. The molecule has 2 unspecified atom stereocenters. The van der Waals surface area contributed by atoms with Crippen LogP contribution in [-0.4, -0.2) is 39.7 Å². The topological polar surface area (TPSA) is 64.6 Å². The van der Waals surface area contributed by atoms with E-state index in [0.29, 0.717) is 18.1 Å². The van der Waals surface area contributed by atoms with Crippen molar-refractivity contribution in [3.05, 3.63) is 18.2 Å². The Hall–Kier alpha value is -1.43. The first-order valence-corrected chi connectivity index (χ1v) is 9.17. The number of hydrogen-bond donors (Lipinski definition) is 1. The molecule has 0 aromatic heterocycles. The van der Waals surface area contributed by atoms with Crippen LogP contribution < -0.4 is 14.8 Å². The fourth-order valence-electron chi connectivity index (χ4n) is 2.85. The summed E-state index contributed by atoms with van der Waals surface area (Å²) in [6, 6.07) is 5.55. The first-order chi connectivity index (χ1) is 9.95. The molecule has 1 saturated carbocycles. The van der Waals surface area contributed by atoms with Gasteiger partial charge < -0.3 is 14.8 Å². The highest BCUT2D eigenvalue weighted by molar-refractivity contribution is 7.91. The molecule has 21 heavy (non-hydrogen) atoms. The number of ether oxygens (including phenoxy) is 2. The monoisotopic (exact) mass is 313 g/mol. The second kappa shape index (κ2) is 6.56. The molecule has 0 amide bonds. The van der Waals surface area contributed by atoms with Crippen molar-refractivity contribution < 1.29 is 17.9 Å². The Labute approximate surface area is 126 Å². The molecular formula is C15H23NO4S. The molecule has 0 saturated heterocycles. The van der Waals surface area contributed by atoms with Gasteiger partial charge in [-0.05, 0) is 38.3 Å². The molecule has 1 aliphatic rings. The molecule has 118 valence electrons. The summed E-state index contributed by atoms with van der Waals surface area (Å²) in [6.45, 7) is 2.49. The van der Waals surface area contributed by atoms with Gasteiger partial charge in [0.25, 0.3) is 0 Å². The van der Waals surface area contributed by atoms with Crippen LogP contribution in [0.15, 0.2) is 18.2 Å². The summed E-state index contributed by atoms with van der Waals surface area (Å²) in [5, 5.41) is 3.02. The van der Waals surface area contributed by atoms with E-state index in [2.05, 4.69) is 5.32 Å². The minimum absolute atomic E-state index is 0.0392. The van der Waals surface area contributed by atoms with Crippen LogP contribution in [0.5, 0.6) is 11.5 Å². The van der Waals surface area contributed by atoms with E-state index < -0.39 is 9.84 Å². The lowest BCUT2D eigenvalue weighted by Gasteiger charge is -2.21. The highest BCUT2D eigenvalue weighted by Gasteiger charge is 2.34. The van der Waals surface area contributed by atoms with Crippen molar-refractivity contribution in [2.24, 2.45) is 0 Å². The van der Waals surface area contributed by atoms with Crippen molar-refractivity contribution in [3.63, 3.8) is 0 Å². The molecule has 0 aliphatic heterocycles. The van der Waals surface area contributed by atoms with Crippen LogP contribution >= 0.6 is 0 Å². The normalized spacial score (nSPS) is 22.0. The number of hydrogen-bond acceptors (Lipinski definition) is 5. The van der Waals surface area contributed by atoms with Crippen LogP contribution in [0.3, 0.4) is 0 Å². The Kier molecular flexibility index (Phi) is 4.98. The number of methoxy groups -OCH3 is 1. The first-order valence-electron chi connectivity index (χ1n) is 7.22. The van der Waals surface area contributed by atoms with Crippen LogP contribution in [-0.2, 0) is 9.84 Å². The van der Waals surface area contributed by atoms with Gasteiger partial charge in [-0.3, -0.25) is 0 Å². The summed E-state index contributed by atoms with van der Waals surface area (Å²) in [6.07, 6.45) is 3.85. The average molecular weight is 313 g/mol. The second-order valence-electron chi connectivity index (χ2n) is 5.35. The quantitative estimate of drug-likeness (QED) is 0.874. The summed E-state index contributed by atoms with van der Waals surface area (Å²) in [5.74, 6) is 1.34. The zero-order valence-corrected chi connectivity index (χ0v) is 13.6. The molecule has 2 atom stereocenters. The van der Waals surface area contributed by atoms with Crippen LogP contribution in [0.2, 0.25) is 0 Å². The van der Waals surface area contributed by atoms with Crippen LogP contribution in [0.1, 0.15) is 26.2 Å². The molecule has 0 heterocycles. The molecule has 0 spiro atoms. The third-order valence-corrected chi connectivity index (χ3v) is 5.48. The standard InChI is InChI=1S/C15H23NO4S/c1-4-20-13-9-8-11(10-14(13)19-2)16-12-6-5-7-15(12)21(3,17)18/h8-10,12,15-16H,4-7H2,1-3H3. The lowest BCUT2D eigenvalue weighted by Crippen LogP contribution is -2.34. The van der Waals surface area contributed by atoms with E-state index >= 15 is 0 Å². The molecule has 2 rings (SSSR count). The fraction of sp³-hybridized carbons (Fsp3) is 0.600. The summed E-state index contributed by atoms with van der Waals surface area (Å²) >= 11 is 0. The van der Waals surface area contributed by atoms with Crippen molar-refractivity contribution in [2.75, 3.05) is 25.3 Å². The zero-order valence-electron chi connectivity index (χ0n) is 12.8. The maximum atomic E-state index is 11.8. The minimum atomic E-state index is -3.02. The van der Waals surface area contributed by atoms with E-state index in [4.69, 9.17) is 9.47 Å². The Morgan fingerprint density at radius 3 is 2.67 bits per heavy atom. The molecule has 5 nitrogen and oxygen atoms in total. The van der Waals surface area contributed by atoms with Gasteiger partial charge in [0, 0.05) is 24.1 Å². The lowest BCUT2D eigenvalue weighted by atomic mass is 10.2. The van der Waals surface area contributed by atoms with Gasteiger partial charge in [0.2, 0.25) is 0 Å².